The summed E-state index contributed by atoms with van der Waals surface area (Å²) in [7, 11) is 1.61. The van der Waals surface area contributed by atoms with Gasteiger partial charge < -0.3 is 15.0 Å². The topological polar surface area (TPSA) is 71.5 Å². The highest BCUT2D eigenvalue weighted by molar-refractivity contribution is 5.99. The quantitative estimate of drug-likeness (QED) is 0.906. The summed E-state index contributed by atoms with van der Waals surface area (Å²) < 4.78 is 5.21. The van der Waals surface area contributed by atoms with E-state index in [4.69, 9.17) is 4.74 Å². The number of methoxy groups -OCH3 is 1. The molecule has 0 aliphatic carbocycles. The van der Waals surface area contributed by atoms with Crippen LogP contribution in [0.2, 0.25) is 0 Å². The van der Waals surface area contributed by atoms with Crippen LogP contribution in [-0.4, -0.2) is 47.9 Å². The van der Waals surface area contributed by atoms with Crippen LogP contribution in [0.3, 0.4) is 0 Å². The van der Waals surface area contributed by atoms with Gasteiger partial charge in [0, 0.05) is 37.0 Å². The molecule has 0 spiro atoms. The molecule has 0 radical (unpaired) electrons. The lowest BCUT2D eigenvalue weighted by Gasteiger charge is -2.22. The zero-order chi connectivity index (χ0) is 18.0. The van der Waals surface area contributed by atoms with Crippen molar-refractivity contribution >= 4 is 22.7 Å². The van der Waals surface area contributed by atoms with Gasteiger partial charge >= 0.3 is 0 Å². The first kappa shape index (κ1) is 17.2. The monoisotopic (exact) mass is 341 g/mol. The Hall–Kier alpha value is -2.63. The van der Waals surface area contributed by atoms with Gasteiger partial charge in [-0.1, -0.05) is 0 Å². The molecule has 1 atom stereocenters. The number of ether oxygens (including phenoxy) is 1. The van der Waals surface area contributed by atoms with Crippen molar-refractivity contribution in [1.82, 2.24) is 15.2 Å². The Balaban J connectivity index is 1.74. The van der Waals surface area contributed by atoms with Crippen molar-refractivity contribution in [2.24, 2.45) is 0 Å². The molecule has 1 saturated heterocycles. The minimum absolute atomic E-state index is 0.111. The number of nitrogens with one attached hydrogen (secondary N) is 1. The van der Waals surface area contributed by atoms with Gasteiger partial charge in [0.15, 0.2) is 0 Å². The molecule has 1 aliphatic rings. The number of aryl methyl sites for hydroxylation is 1. The third-order valence-corrected chi connectivity index (χ3v) is 4.50. The molecule has 0 bridgehead atoms. The lowest BCUT2D eigenvalue weighted by atomic mass is 10.1. The maximum absolute atomic E-state index is 12.6. The molecule has 0 saturated carbocycles. The average Bonchev–Trinajstić information content (AvgIpc) is 2.98. The highest BCUT2D eigenvalue weighted by Gasteiger charge is 2.23. The molecule has 0 unspecified atom stereocenters. The number of hydrogen-bond acceptors (Lipinski definition) is 4. The van der Waals surface area contributed by atoms with E-state index in [2.05, 4.69) is 10.3 Å². The average molecular weight is 341 g/mol. The number of rotatable bonds is 5. The van der Waals surface area contributed by atoms with Gasteiger partial charge in [-0.2, -0.15) is 0 Å². The second-order valence-corrected chi connectivity index (χ2v) is 6.50. The van der Waals surface area contributed by atoms with E-state index >= 15 is 0 Å². The van der Waals surface area contributed by atoms with Crippen LogP contribution < -0.4 is 10.1 Å². The van der Waals surface area contributed by atoms with Crippen molar-refractivity contribution < 1.29 is 14.3 Å². The second-order valence-electron chi connectivity index (χ2n) is 6.50. The summed E-state index contributed by atoms with van der Waals surface area (Å²) in [6.45, 7) is 5.06. The molecule has 2 aromatic rings. The maximum atomic E-state index is 12.6. The fraction of sp³-hybridized carbons (Fsp3) is 0.421. The Morgan fingerprint density at radius 2 is 2.20 bits per heavy atom. The first-order valence-electron chi connectivity index (χ1n) is 8.52. The molecular formula is C19H23N3O3. The summed E-state index contributed by atoms with van der Waals surface area (Å²) in [5.74, 6) is 0.737. The molecule has 25 heavy (non-hydrogen) atoms. The van der Waals surface area contributed by atoms with E-state index in [9.17, 15) is 9.59 Å². The van der Waals surface area contributed by atoms with Crippen molar-refractivity contribution in [2.45, 2.75) is 32.7 Å². The van der Waals surface area contributed by atoms with Gasteiger partial charge in [0.25, 0.3) is 5.91 Å². The number of pyridine rings is 1. The van der Waals surface area contributed by atoms with Crippen LogP contribution in [0.25, 0.3) is 10.9 Å². The minimum atomic E-state index is -0.165. The molecule has 1 aromatic carbocycles. The lowest BCUT2D eigenvalue weighted by Crippen LogP contribution is -2.42. The predicted octanol–water partition coefficient (Wildman–Crippen LogP) is 2.29. The third kappa shape index (κ3) is 3.73. The standard InChI is InChI=1S/C19H23N3O3/c1-12(11-22-8-4-5-18(22)23)20-19(24)16-9-14-6-7-15(25-3)10-17(14)21-13(16)2/h6-7,9-10,12H,4-5,8,11H2,1-3H3,(H,20,24)/t12-/m1/s1. The molecule has 1 aromatic heterocycles. The Morgan fingerprint density at radius 3 is 2.88 bits per heavy atom. The third-order valence-electron chi connectivity index (χ3n) is 4.50. The molecule has 3 rings (SSSR count). The van der Waals surface area contributed by atoms with Gasteiger partial charge in [-0.25, -0.2) is 0 Å². The summed E-state index contributed by atoms with van der Waals surface area (Å²) in [6.07, 6.45) is 1.51. The van der Waals surface area contributed by atoms with Crippen molar-refractivity contribution in [3.05, 3.63) is 35.5 Å². The zero-order valence-corrected chi connectivity index (χ0v) is 14.8. The fourth-order valence-corrected chi connectivity index (χ4v) is 3.17. The van der Waals surface area contributed by atoms with Crippen LogP contribution in [0.15, 0.2) is 24.3 Å². The van der Waals surface area contributed by atoms with Gasteiger partial charge in [0.2, 0.25) is 5.91 Å². The zero-order valence-electron chi connectivity index (χ0n) is 14.8. The summed E-state index contributed by atoms with van der Waals surface area (Å²) in [4.78, 5) is 30.7. The van der Waals surface area contributed by atoms with Gasteiger partial charge in [0.05, 0.1) is 23.9 Å². The summed E-state index contributed by atoms with van der Waals surface area (Å²) in [5, 5.41) is 3.86. The normalized spacial score (nSPS) is 15.5. The van der Waals surface area contributed by atoms with Crippen molar-refractivity contribution in [3.8, 4) is 5.75 Å². The lowest BCUT2D eigenvalue weighted by molar-refractivity contribution is -0.127. The van der Waals surface area contributed by atoms with Crippen molar-refractivity contribution in [3.63, 3.8) is 0 Å². The van der Waals surface area contributed by atoms with E-state index in [1.54, 1.807) is 7.11 Å². The first-order chi connectivity index (χ1) is 12.0. The summed E-state index contributed by atoms with van der Waals surface area (Å²) in [5.41, 5.74) is 2.02. The van der Waals surface area contributed by atoms with Crippen LogP contribution in [0.1, 0.15) is 35.8 Å². The number of carbonyl (C=O) groups is 2. The number of fused-ring (bicyclic) bond motifs is 1. The Labute approximate surface area is 147 Å². The number of benzene rings is 1. The van der Waals surface area contributed by atoms with E-state index in [1.165, 1.54) is 0 Å². The summed E-state index contributed by atoms with van der Waals surface area (Å²) in [6, 6.07) is 7.33. The molecule has 6 heteroatoms. The first-order valence-corrected chi connectivity index (χ1v) is 8.52. The summed E-state index contributed by atoms with van der Waals surface area (Å²) >= 11 is 0. The number of nitrogens with zero attached hydrogens (tertiary/aromatic N) is 2. The van der Waals surface area contributed by atoms with E-state index in [-0.39, 0.29) is 17.9 Å². The molecule has 1 aliphatic heterocycles. The van der Waals surface area contributed by atoms with Crippen LogP contribution >= 0.6 is 0 Å². The predicted molar refractivity (Wildman–Crippen MR) is 95.8 cm³/mol. The SMILES string of the molecule is COc1ccc2cc(C(=O)N[C@H](C)CN3CCCC3=O)c(C)nc2c1. The largest absolute Gasteiger partial charge is 0.497 e. The van der Waals surface area contributed by atoms with Crippen LogP contribution in [0.5, 0.6) is 5.75 Å². The highest BCUT2D eigenvalue weighted by atomic mass is 16.5. The van der Waals surface area contributed by atoms with Gasteiger partial charge in [-0.15, -0.1) is 0 Å². The number of hydrogen-bond donors (Lipinski definition) is 1. The van der Waals surface area contributed by atoms with E-state index in [1.807, 2.05) is 43.0 Å². The fourth-order valence-electron chi connectivity index (χ4n) is 3.17. The smallest absolute Gasteiger partial charge is 0.253 e. The molecule has 1 fully saturated rings. The second kappa shape index (κ2) is 7.09. The van der Waals surface area contributed by atoms with Crippen LogP contribution in [0, 0.1) is 6.92 Å². The van der Waals surface area contributed by atoms with Crippen LogP contribution in [0.4, 0.5) is 0 Å². The van der Waals surface area contributed by atoms with Crippen LogP contribution in [-0.2, 0) is 4.79 Å². The Bertz CT molecular complexity index is 819. The molecule has 6 nitrogen and oxygen atoms in total. The molecule has 1 N–H and O–H groups in total. The minimum Gasteiger partial charge on any atom is -0.497 e. The number of likely N-dealkylation sites (tertiary alicyclic amines) is 1. The van der Waals surface area contributed by atoms with E-state index < -0.39 is 0 Å². The Morgan fingerprint density at radius 1 is 1.40 bits per heavy atom. The molecule has 2 heterocycles. The highest BCUT2D eigenvalue weighted by Crippen LogP contribution is 2.21. The number of aromatic nitrogens is 1. The molecular weight excluding hydrogens is 318 g/mol. The Kier molecular flexibility index (Phi) is 4.88. The maximum Gasteiger partial charge on any atom is 0.253 e. The number of carbonyl (C=O) groups excluding carboxylic acids is 2. The van der Waals surface area contributed by atoms with Gasteiger partial charge in [-0.3, -0.25) is 14.6 Å². The van der Waals surface area contributed by atoms with E-state index in [0.717, 1.165) is 29.6 Å². The van der Waals surface area contributed by atoms with Crippen molar-refractivity contribution in [1.29, 1.82) is 0 Å². The molecule has 2 amide bonds. The van der Waals surface area contributed by atoms with Gasteiger partial charge in [-0.05, 0) is 38.5 Å². The van der Waals surface area contributed by atoms with Gasteiger partial charge in [0.1, 0.15) is 5.75 Å². The number of amides is 2. The van der Waals surface area contributed by atoms with E-state index in [0.29, 0.717) is 24.2 Å². The van der Waals surface area contributed by atoms with Crippen molar-refractivity contribution in [2.75, 3.05) is 20.2 Å². The molecule has 132 valence electrons.